The zero-order chi connectivity index (χ0) is 17.1. The Morgan fingerprint density at radius 3 is 2.29 bits per heavy atom. The Kier molecular flexibility index (Phi) is 4.60. The lowest BCUT2D eigenvalue weighted by molar-refractivity contribution is 0.0744. The first kappa shape index (κ1) is 16.2. The molecule has 0 atom stereocenters. The molecule has 0 unspecified atom stereocenters. The number of ether oxygens (including phenoxy) is 2. The van der Waals surface area contributed by atoms with Crippen LogP contribution in [0.1, 0.15) is 15.9 Å². The summed E-state index contributed by atoms with van der Waals surface area (Å²) in [6.07, 6.45) is 0. The zero-order valence-electron chi connectivity index (χ0n) is 14.3. The molecule has 0 aromatic heterocycles. The third-order valence-corrected chi connectivity index (χ3v) is 4.40. The van der Waals surface area contributed by atoms with E-state index >= 15 is 0 Å². The third-order valence-electron chi connectivity index (χ3n) is 4.40. The van der Waals surface area contributed by atoms with Crippen molar-refractivity contribution in [2.75, 3.05) is 39.3 Å². The van der Waals surface area contributed by atoms with Crippen LogP contribution in [0.3, 0.4) is 0 Å². The number of anilines is 1. The standard InChI is InChI=1S/C19H22N2O3/c1-20-11-12-21(13-14-7-4-5-8-15(14)20)19(22)18-16(23-2)9-6-10-17(18)24-3/h4-10H,11-13H2,1-3H3. The van der Waals surface area contributed by atoms with Gasteiger partial charge in [0.05, 0.1) is 14.2 Å². The minimum absolute atomic E-state index is 0.0746. The van der Waals surface area contributed by atoms with E-state index in [9.17, 15) is 4.79 Å². The van der Waals surface area contributed by atoms with E-state index in [2.05, 4.69) is 24.1 Å². The summed E-state index contributed by atoms with van der Waals surface area (Å²) in [5.41, 5.74) is 2.78. The maximum Gasteiger partial charge on any atom is 0.261 e. The monoisotopic (exact) mass is 326 g/mol. The van der Waals surface area contributed by atoms with E-state index in [1.165, 1.54) is 5.69 Å². The van der Waals surface area contributed by atoms with Crippen molar-refractivity contribution in [3.05, 3.63) is 53.6 Å². The van der Waals surface area contributed by atoms with Gasteiger partial charge in [-0.1, -0.05) is 24.3 Å². The zero-order valence-corrected chi connectivity index (χ0v) is 14.3. The van der Waals surface area contributed by atoms with Gasteiger partial charge in [0.15, 0.2) is 0 Å². The maximum atomic E-state index is 13.2. The second-order valence-corrected chi connectivity index (χ2v) is 5.81. The predicted octanol–water partition coefficient (Wildman–Crippen LogP) is 2.80. The number of hydrogen-bond donors (Lipinski definition) is 0. The van der Waals surface area contributed by atoms with Crippen molar-refractivity contribution in [2.24, 2.45) is 0 Å². The van der Waals surface area contributed by atoms with Gasteiger partial charge in [0.2, 0.25) is 0 Å². The molecular formula is C19H22N2O3. The lowest BCUT2D eigenvalue weighted by Crippen LogP contribution is -2.34. The van der Waals surface area contributed by atoms with Gasteiger partial charge in [-0.25, -0.2) is 0 Å². The highest BCUT2D eigenvalue weighted by atomic mass is 16.5. The summed E-state index contributed by atoms with van der Waals surface area (Å²) >= 11 is 0. The Morgan fingerprint density at radius 2 is 1.62 bits per heavy atom. The van der Waals surface area contributed by atoms with Gasteiger partial charge in [0.1, 0.15) is 17.1 Å². The number of para-hydroxylation sites is 1. The number of fused-ring (bicyclic) bond motifs is 1. The number of hydrogen-bond acceptors (Lipinski definition) is 4. The minimum atomic E-state index is -0.0746. The van der Waals surface area contributed by atoms with Crippen LogP contribution in [0.25, 0.3) is 0 Å². The van der Waals surface area contributed by atoms with Gasteiger partial charge >= 0.3 is 0 Å². The molecule has 2 aromatic carbocycles. The van der Waals surface area contributed by atoms with Crippen molar-refractivity contribution in [2.45, 2.75) is 6.54 Å². The molecule has 24 heavy (non-hydrogen) atoms. The summed E-state index contributed by atoms with van der Waals surface area (Å²) < 4.78 is 10.8. The van der Waals surface area contributed by atoms with Gasteiger partial charge in [-0.15, -0.1) is 0 Å². The quantitative estimate of drug-likeness (QED) is 0.870. The lowest BCUT2D eigenvalue weighted by Gasteiger charge is -2.23. The predicted molar refractivity (Wildman–Crippen MR) is 94.0 cm³/mol. The van der Waals surface area contributed by atoms with Crippen LogP contribution in [0.5, 0.6) is 11.5 Å². The molecule has 5 nitrogen and oxygen atoms in total. The van der Waals surface area contributed by atoms with Crippen molar-refractivity contribution >= 4 is 11.6 Å². The number of likely N-dealkylation sites (N-methyl/N-ethyl adjacent to an activating group) is 1. The molecule has 1 heterocycles. The average Bonchev–Trinajstić information content (AvgIpc) is 2.80. The van der Waals surface area contributed by atoms with Gasteiger partial charge in [0, 0.05) is 32.4 Å². The Balaban J connectivity index is 1.97. The van der Waals surface area contributed by atoms with Crippen molar-refractivity contribution in [1.82, 2.24) is 4.90 Å². The fourth-order valence-corrected chi connectivity index (χ4v) is 3.09. The highest BCUT2D eigenvalue weighted by Crippen LogP contribution is 2.31. The van der Waals surface area contributed by atoms with E-state index in [0.717, 1.165) is 12.1 Å². The Bertz CT molecular complexity index is 723. The molecule has 1 aliphatic heterocycles. The van der Waals surface area contributed by atoms with Gasteiger partial charge in [-0.3, -0.25) is 4.79 Å². The Labute approximate surface area is 142 Å². The first-order valence-electron chi connectivity index (χ1n) is 7.95. The molecule has 1 amide bonds. The molecular weight excluding hydrogens is 304 g/mol. The Hall–Kier alpha value is -2.69. The fraction of sp³-hybridized carbons (Fsp3) is 0.316. The van der Waals surface area contributed by atoms with Crippen LogP contribution in [0.15, 0.2) is 42.5 Å². The van der Waals surface area contributed by atoms with E-state index in [1.807, 2.05) is 23.1 Å². The number of methoxy groups -OCH3 is 2. The van der Waals surface area contributed by atoms with Gasteiger partial charge in [-0.05, 0) is 23.8 Å². The molecule has 1 aliphatic rings. The molecule has 0 fully saturated rings. The number of rotatable bonds is 3. The topological polar surface area (TPSA) is 42.0 Å². The molecule has 126 valence electrons. The number of benzene rings is 2. The van der Waals surface area contributed by atoms with E-state index < -0.39 is 0 Å². The fourth-order valence-electron chi connectivity index (χ4n) is 3.09. The average molecular weight is 326 g/mol. The van der Waals surface area contributed by atoms with Gasteiger partial charge in [-0.2, -0.15) is 0 Å². The van der Waals surface area contributed by atoms with Crippen LogP contribution < -0.4 is 14.4 Å². The van der Waals surface area contributed by atoms with Crippen LogP contribution in [0, 0.1) is 0 Å². The first-order valence-corrected chi connectivity index (χ1v) is 7.95. The van der Waals surface area contributed by atoms with E-state index in [1.54, 1.807) is 26.4 Å². The van der Waals surface area contributed by atoms with E-state index in [-0.39, 0.29) is 5.91 Å². The molecule has 0 N–H and O–H groups in total. The third kappa shape index (κ3) is 2.89. The lowest BCUT2D eigenvalue weighted by atomic mass is 10.1. The van der Waals surface area contributed by atoms with Crippen molar-refractivity contribution in [3.8, 4) is 11.5 Å². The first-order chi connectivity index (χ1) is 11.7. The van der Waals surface area contributed by atoms with Crippen molar-refractivity contribution in [1.29, 1.82) is 0 Å². The normalized spacial score (nSPS) is 14.0. The van der Waals surface area contributed by atoms with Crippen LogP contribution in [0.4, 0.5) is 5.69 Å². The molecule has 5 heteroatoms. The second kappa shape index (κ2) is 6.83. The van der Waals surface area contributed by atoms with E-state index in [4.69, 9.17) is 9.47 Å². The summed E-state index contributed by atoms with van der Waals surface area (Å²) in [4.78, 5) is 17.2. The highest BCUT2D eigenvalue weighted by Gasteiger charge is 2.26. The van der Waals surface area contributed by atoms with Crippen LogP contribution in [-0.2, 0) is 6.54 Å². The molecule has 0 spiro atoms. The van der Waals surface area contributed by atoms with Gasteiger partial charge < -0.3 is 19.3 Å². The van der Waals surface area contributed by atoms with Crippen LogP contribution in [0.2, 0.25) is 0 Å². The Morgan fingerprint density at radius 1 is 0.958 bits per heavy atom. The summed E-state index contributed by atoms with van der Waals surface area (Å²) in [5, 5.41) is 0. The maximum absolute atomic E-state index is 13.2. The molecule has 0 bridgehead atoms. The second-order valence-electron chi connectivity index (χ2n) is 5.81. The van der Waals surface area contributed by atoms with Gasteiger partial charge in [0.25, 0.3) is 5.91 Å². The minimum Gasteiger partial charge on any atom is -0.496 e. The van der Waals surface area contributed by atoms with Crippen LogP contribution >= 0.6 is 0 Å². The number of carbonyl (C=O) groups is 1. The summed E-state index contributed by atoms with van der Waals surface area (Å²) in [7, 11) is 5.19. The summed E-state index contributed by atoms with van der Waals surface area (Å²) in [6, 6.07) is 13.6. The van der Waals surface area contributed by atoms with Crippen molar-refractivity contribution in [3.63, 3.8) is 0 Å². The largest absolute Gasteiger partial charge is 0.496 e. The van der Waals surface area contributed by atoms with Crippen molar-refractivity contribution < 1.29 is 14.3 Å². The number of amides is 1. The number of nitrogens with zero attached hydrogens (tertiary/aromatic N) is 2. The smallest absolute Gasteiger partial charge is 0.261 e. The molecule has 0 saturated heterocycles. The number of carbonyl (C=O) groups excluding carboxylic acids is 1. The summed E-state index contributed by atoms with van der Waals surface area (Å²) in [5.74, 6) is 0.991. The molecule has 0 saturated carbocycles. The van der Waals surface area contributed by atoms with Crippen LogP contribution in [-0.4, -0.2) is 45.2 Å². The molecule has 3 rings (SSSR count). The highest BCUT2D eigenvalue weighted by molar-refractivity contribution is 5.99. The SMILES string of the molecule is COc1cccc(OC)c1C(=O)N1CCN(C)c2ccccc2C1. The molecule has 0 radical (unpaired) electrons. The molecule has 2 aromatic rings. The summed E-state index contributed by atoms with van der Waals surface area (Å²) in [6.45, 7) is 1.99. The molecule has 0 aliphatic carbocycles. The van der Waals surface area contributed by atoms with E-state index in [0.29, 0.717) is 30.2 Å².